The molecule has 1 saturated heterocycles. The number of hydrogen-bond acceptors (Lipinski definition) is 7. The number of carbonyl (C=O) groups is 2. The third-order valence-corrected chi connectivity index (χ3v) is 12.4. The van der Waals surface area contributed by atoms with Crippen molar-refractivity contribution < 1.29 is 22.8 Å². The van der Waals surface area contributed by atoms with Gasteiger partial charge in [-0.05, 0) is 110 Å². The van der Waals surface area contributed by atoms with E-state index in [1.165, 1.54) is 25.7 Å². The van der Waals surface area contributed by atoms with E-state index >= 15 is 13.2 Å². The van der Waals surface area contributed by atoms with Gasteiger partial charge in [0.25, 0.3) is 5.91 Å². The van der Waals surface area contributed by atoms with Gasteiger partial charge in [0.05, 0.1) is 56.2 Å². The summed E-state index contributed by atoms with van der Waals surface area (Å²) < 4.78 is 48.6. The summed E-state index contributed by atoms with van der Waals surface area (Å²) in [5, 5.41) is 4.76. The summed E-state index contributed by atoms with van der Waals surface area (Å²) in [7, 11) is 0. The molecule has 3 fully saturated rings. The van der Waals surface area contributed by atoms with Crippen molar-refractivity contribution in [2.24, 2.45) is 5.41 Å². The van der Waals surface area contributed by atoms with Crippen LogP contribution in [0.2, 0.25) is 5.02 Å². The smallest absolute Gasteiger partial charge is 0.252 e. The van der Waals surface area contributed by atoms with Crippen LogP contribution < -0.4 is 15.5 Å². The van der Waals surface area contributed by atoms with Crippen LogP contribution in [0.1, 0.15) is 102 Å². The standard InChI is InChI=1S/C39H44ClF3N8O2/c1-7-44-35(52)23-13-25(29(41)30(42)28(23)40)47-34-31-26(45-19-50(31)20(2)3)15-24(46-34)22-14-27-32(48-33(22)43)37(4,5)36(53)51(27)21-16-38(6,17-21)49-12-8-9-39(18-49)10-11-39/h13-15,19-21H,7-12,16-18H2,1-6H3,(H,44,52)(H,46,47). The lowest BCUT2D eigenvalue weighted by Gasteiger charge is -2.56. The number of nitrogens with one attached hydrogen (secondary N) is 2. The molecule has 1 aromatic carbocycles. The lowest BCUT2D eigenvalue weighted by molar-refractivity contribution is -0.124. The van der Waals surface area contributed by atoms with Gasteiger partial charge in [0.2, 0.25) is 11.9 Å². The maximum atomic E-state index is 16.2. The second kappa shape index (κ2) is 12.4. The SMILES string of the molecule is CCNC(=O)c1cc(Nc2nc(-c3cc4c(nc3F)C(C)(C)C(=O)N4C3CC(C)(N4CCCC5(CC5)C4)C3)cc3ncn(C(C)C)c23)c(F)c(F)c1Cl. The van der Waals surface area contributed by atoms with Crippen LogP contribution in [0, 0.1) is 23.0 Å². The Bertz CT molecular complexity index is 2190. The number of imidazole rings is 1. The largest absolute Gasteiger partial charge is 0.352 e. The van der Waals surface area contributed by atoms with E-state index in [9.17, 15) is 9.59 Å². The predicted molar refractivity (Wildman–Crippen MR) is 198 cm³/mol. The Labute approximate surface area is 311 Å². The molecule has 53 heavy (non-hydrogen) atoms. The lowest BCUT2D eigenvalue weighted by Crippen LogP contribution is -2.64. The molecule has 8 rings (SSSR count). The van der Waals surface area contributed by atoms with Gasteiger partial charge in [0.15, 0.2) is 17.5 Å². The molecule has 1 spiro atoms. The molecule has 2 N–H and O–H groups in total. The Hall–Kier alpha value is -4.23. The van der Waals surface area contributed by atoms with Crippen LogP contribution in [0.25, 0.3) is 22.3 Å². The Morgan fingerprint density at radius 1 is 1.06 bits per heavy atom. The van der Waals surface area contributed by atoms with Crippen molar-refractivity contribution in [1.29, 1.82) is 0 Å². The first-order chi connectivity index (χ1) is 25.1. The third kappa shape index (κ3) is 5.68. The molecule has 4 aromatic rings. The van der Waals surface area contributed by atoms with Crippen LogP contribution in [0.3, 0.4) is 0 Å². The zero-order valence-corrected chi connectivity index (χ0v) is 31.6. The van der Waals surface area contributed by atoms with Gasteiger partial charge in [-0.15, -0.1) is 0 Å². The fourth-order valence-electron chi connectivity index (χ4n) is 8.75. The number of amides is 2. The summed E-state index contributed by atoms with van der Waals surface area (Å²) in [6.07, 6.45) is 8.30. The second-order valence-electron chi connectivity index (χ2n) is 16.4. The number of hydrogen-bond donors (Lipinski definition) is 2. The normalized spacial score (nSPS) is 23.1. The highest BCUT2D eigenvalue weighted by molar-refractivity contribution is 6.34. The highest BCUT2D eigenvalue weighted by atomic mass is 35.5. The zero-order valence-electron chi connectivity index (χ0n) is 30.8. The fourth-order valence-corrected chi connectivity index (χ4v) is 8.97. The molecular formula is C39H44ClF3N8O2. The van der Waals surface area contributed by atoms with Gasteiger partial charge in [-0.1, -0.05) is 11.6 Å². The van der Waals surface area contributed by atoms with E-state index in [4.69, 9.17) is 16.6 Å². The maximum Gasteiger partial charge on any atom is 0.252 e. The molecule has 4 aliphatic rings. The molecule has 2 aliphatic carbocycles. The molecule has 10 nitrogen and oxygen atoms in total. The molecule has 14 heteroatoms. The highest BCUT2D eigenvalue weighted by Crippen LogP contribution is 2.56. The van der Waals surface area contributed by atoms with Crippen LogP contribution in [0.15, 0.2) is 24.5 Å². The van der Waals surface area contributed by atoms with Gasteiger partial charge in [0.1, 0.15) is 5.52 Å². The van der Waals surface area contributed by atoms with Crippen molar-refractivity contribution >= 4 is 51.6 Å². The van der Waals surface area contributed by atoms with Crippen LogP contribution >= 0.6 is 11.6 Å². The van der Waals surface area contributed by atoms with Gasteiger partial charge >= 0.3 is 0 Å². The number of piperidine rings is 1. The number of pyridine rings is 2. The number of benzene rings is 1. The molecule has 0 bridgehead atoms. The number of aromatic nitrogens is 4. The molecule has 2 aliphatic heterocycles. The van der Waals surface area contributed by atoms with E-state index in [0.717, 1.165) is 32.0 Å². The van der Waals surface area contributed by atoms with Gasteiger partial charge in [-0.25, -0.2) is 23.7 Å². The summed E-state index contributed by atoms with van der Waals surface area (Å²) in [4.78, 5) is 44.9. The third-order valence-electron chi connectivity index (χ3n) is 12.0. The maximum absolute atomic E-state index is 16.2. The average Bonchev–Trinajstić information content (AvgIpc) is 3.63. The number of likely N-dealkylation sites (tertiary alicyclic amines) is 1. The van der Waals surface area contributed by atoms with Crippen molar-refractivity contribution in [3.05, 3.63) is 58.4 Å². The van der Waals surface area contributed by atoms with Crippen molar-refractivity contribution in [1.82, 2.24) is 29.7 Å². The highest BCUT2D eigenvalue weighted by Gasteiger charge is 2.57. The van der Waals surface area contributed by atoms with Crippen LogP contribution in [0.4, 0.5) is 30.4 Å². The molecule has 0 radical (unpaired) electrons. The van der Waals surface area contributed by atoms with Gasteiger partial charge in [-0.2, -0.15) is 4.39 Å². The molecular weight excluding hydrogens is 705 g/mol. The lowest BCUT2D eigenvalue weighted by atomic mass is 9.70. The number of nitrogens with zero attached hydrogens (tertiary/aromatic N) is 6. The number of carbonyl (C=O) groups excluding carboxylic acids is 2. The topological polar surface area (TPSA) is 108 Å². The molecule has 2 saturated carbocycles. The van der Waals surface area contributed by atoms with E-state index in [1.807, 2.05) is 18.7 Å². The summed E-state index contributed by atoms with van der Waals surface area (Å²) in [5.74, 6) is -4.29. The molecule has 3 aromatic heterocycles. The number of anilines is 3. The summed E-state index contributed by atoms with van der Waals surface area (Å²) in [5.41, 5.74) is 0.690. The van der Waals surface area contributed by atoms with E-state index in [2.05, 4.69) is 32.4 Å². The van der Waals surface area contributed by atoms with E-state index in [0.29, 0.717) is 27.8 Å². The van der Waals surface area contributed by atoms with E-state index in [1.54, 1.807) is 43.8 Å². The van der Waals surface area contributed by atoms with Gasteiger partial charge in [0, 0.05) is 30.7 Å². The van der Waals surface area contributed by atoms with E-state index < -0.39 is 39.6 Å². The summed E-state index contributed by atoms with van der Waals surface area (Å²) >= 11 is 6.05. The molecule has 5 heterocycles. The summed E-state index contributed by atoms with van der Waals surface area (Å²) in [6.45, 7) is 13.8. The van der Waals surface area contributed by atoms with Crippen molar-refractivity contribution in [2.45, 2.75) is 103 Å². The van der Waals surface area contributed by atoms with Gasteiger partial charge in [-0.3, -0.25) is 14.5 Å². The molecule has 2 amide bonds. The zero-order chi connectivity index (χ0) is 37.8. The van der Waals surface area contributed by atoms with Crippen LogP contribution in [-0.2, 0) is 10.2 Å². The molecule has 0 atom stereocenters. The quantitative estimate of drug-likeness (QED) is 0.139. The Morgan fingerprint density at radius 2 is 1.79 bits per heavy atom. The minimum absolute atomic E-state index is 0.0139. The van der Waals surface area contributed by atoms with E-state index in [-0.39, 0.29) is 52.7 Å². The fraction of sp³-hybridized carbons (Fsp3) is 0.513. The first-order valence-electron chi connectivity index (χ1n) is 18.5. The van der Waals surface area contributed by atoms with Crippen LogP contribution in [-0.4, -0.2) is 67.4 Å². The van der Waals surface area contributed by atoms with Crippen LogP contribution in [0.5, 0.6) is 0 Å². The Morgan fingerprint density at radius 3 is 2.47 bits per heavy atom. The predicted octanol–water partition coefficient (Wildman–Crippen LogP) is 8.06. The van der Waals surface area contributed by atoms with Crippen molar-refractivity contribution in [3.63, 3.8) is 0 Å². The first-order valence-corrected chi connectivity index (χ1v) is 18.9. The van der Waals surface area contributed by atoms with Gasteiger partial charge < -0.3 is 20.1 Å². The molecule has 0 unspecified atom stereocenters. The number of rotatable bonds is 8. The second-order valence-corrected chi connectivity index (χ2v) is 16.8. The number of fused-ring (bicyclic) bond motifs is 2. The number of halogens is 4. The van der Waals surface area contributed by atoms with Crippen molar-refractivity contribution in [3.8, 4) is 11.3 Å². The molecule has 280 valence electrons. The monoisotopic (exact) mass is 748 g/mol. The minimum atomic E-state index is -1.40. The minimum Gasteiger partial charge on any atom is -0.352 e. The summed E-state index contributed by atoms with van der Waals surface area (Å²) in [6, 6.07) is 4.18. The first kappa shape index (κ1) is 35.8. The Balaban J connectivity index is 1.19. The Kier molecular flexibility index (Phi) is 8.38. The average molecular weight is 749 g/mol. The van der Waals surface area contributed by atoms with Crippen molar-refractivity contribution in [2.75, 3.05) is 29.9 Å².